The van der Waals surface area contributed by atoms with Crippen molar-refractivity contribution in [3.05, 3.63) is 52.9 Å². The van der Waals surface area contributed by atoms with Gasteiger partial charge in [-0.15, -0.1) is 0 Å². The number of hydrogen-bond acceptors (Lipinski definition) is 4. The number of benzene rings is 1. The van der Waals surface area contributed by atoms with Gasteiger partial charge in [-0.25, -0.2) is 9.37 Å². The quantitative estimate of drug-likeness (QED) is 0.554. The van der Waals surface area contributed by atoms with Crippen LogP contribution in [0.25, 0.3) is 10.8 Å². The second-order valence-corrected chi connectivity index (χ2v) is 10.6. The van der Waals surface area contributed by atoms with Crippen molar-refractivity contribution in [2.45, 2.75) is 56.2 Å². The van der Waals surface area contributed by atoms with Crippen LogP contribution >= 0.6 is 11.6 Å². The fourth-order valence-electron chi connectivity index (χ4n) is 5.77. The lowest BCUT2D eigenvalue weighted by Gasteiger charge is -2.43. The molecule has 2 saturated carbocycles. The van der Waals surface area contributed by atoms with Crippen LogP contribution in [0.5, 0.6) is 0 Å². The second-order valence-electron chi connectivity index (χ2n) is 10.2. The SMILES string of the molecule is Cn1cc([C@@H]2C[C@H]2C(=O)Nc2cc3cc([C@H]4CC[C@@H](N5CC(F)C5)CC4)c(Cl)cc3cn2)cn1. The summed E-state index contributed by atoms with van der Waals surface area (Å²) >= 11 is 6.68. The first-order chi connectivity index (χ1) is 16.4. The molecule has 2 aliphatic carbocycles. The van der Waals surface area contributed by atoms with Crippen molar-refractivity contribution in [1.29, 1.82) is 0 Å². The van der Waals surface area contributed by atoms with Crippen LogP contribution in [0.3, 0.4) is 0 Å². The van der Waals surface area contributed by atoms with Crippen LogP contribution in [0.2, 0.25) is 5.02 Å². The molecule has 0 spiro atoms. The van der Waals surface area contributed by atoms with E-state index in [-0.39, 0.29) is 17.7 Å². The number of fused-ring (bicyclic) bond motifs is 1. The molecule has 1 N–H and O–H groups in total. The van der Waals surface area contributed by atoms with Gasteiger partial charge >= 0.3 is 0 Å². The summed E-state index contributed by atoms with van der Waals surface area (Å²) in [6, 6.07) is 6.60. The molecule has 1 amide bonds. The van der Waals surface area contributed by atoms with Crippen molar-refractivity contribution >= 4 is 34.1 Å². The van der Waals surface area contributed by atoms with Crippen molar-refractivity contribution in [2.75, 3.05) is 18.4 Å². The zero-order valence-electron chi connectivity index (χ0n) is 19.3. The van der Waals surface area contributed by atoms with Crippen molar-refractivity contribution < 1.29 is 9.18 Å². The molecule has 2 atom stereocenters. The van der Waals surface area contributed by atoms with E-state index in [0.29, 0.717) is 30.9 Å². The maximum atomic E-state index is 13.2. The first kappa shape index (κ1) is 22.0. The molecule has 8 heteroatoms. The van der Waals surface area contributed by atoms with Crippen molar-refractivity contribution in [2.24, 2.45) is 13.0 Å². The maximum Gasteiger partial charge on any atom is 0.229 e. The van der Waals surface area contributed by atoms with Gasteiger partial charge in [0, 0.05) is 54.9 Å². The number of carbonyl (C=O) groups excluding carboxylic acids is 1. The average Bonchev–Trinajstić information content (AvgIpc) is 3.50. The van der Waals surface area contributed by atoms with Crippen LogP contribution in [0.1, 0.15) is 55.1 Å². The molecule has 2 aromatic heterocycles. The number of alkyl halides is 1. The van der Waals surface area contributed by atoms with Gasteiger partial charge in [0.15, 0.2) is 0 Å². The van der Waals surface area contributed by atoms with Gasteiger partial charge in [0.25, 0.3) is 0 Å². The van der Waals surface area contributed by atoms with Crippen LogP contribution in [-0.2, 0) is 11.8 Å². The number of amides is 1. The van der Waals surface area contributed by atoms with E-state index in [0.717, 1.165) is 53.5 Å². The number of aromatic nitrogens is 3. The Morgan fingerprint density at radius 2 is 1.91 bits per heavy atom. The molecule has 1 saturated heterocycles. The molecule has 0 bridgehead atoms. The fourth-order valence-corrected chi connectivity index (χ4v) is 6.10. The zero-order chi connectivity index (χ0) is 23.4. The highest BCUT2D eigenvalue weighted by atomic mass is 35.5. The smallest absolute Gasteiger partial charge is 0.229 e. The summed E-state index contributed by atoms with van der Waals surface area (Å²) in [6.07, 6.45) is 10.1. The predicted molar refractivity (Wildman–Crippen MR) is 131 cm³/mol. The Balaban J connectivity index is 1.14. The Kier molecular flexibility index (Phi) is 5.57. The van der Waals surface area contributed by atoms with E-state index in [9.17, 15) is 9.18 Å². The topological polar surface area (TPSA) is 63.1 Å². The highest BCUT2D eigenvalue weighted by molar-refractivity contribution is 6.32. The first-order valence-electron chi connectivity index (χ1n) is 12.2. The number of carbonyl (C=O) groups is 1. The molecule has 0 radical (unpaired) electrons. The third kappa shape index (κ3) is 4.20. The number of nitrogens with one attached hydrogen (secondary N) is 1. The average molecular weight is 482 g/mol. The van der Waals surface area contributed by atoms with Crippen LogP contribution in [0.4, 0.5) is 10.2 Å². The van der Waals surface area contributed by atoms with E-state index >= 15 is 0 Å². The van der Waals surface area contributed by atoms with Crippen LogP contribution in [0.15, 0.2) is 36.8 Å². The molecule has 1 aromatic carbocycles. The van der Waals surface area contributed by atoms with E-state index in [1.54, 1.807) is 10.9 Å². The van der Waals surface area contributed by atoms with Gasteiger partial charge in [0.05, 0.1) is 6.20 Å². The Labute approximate surface area is 203 Å². The Bertz CT molecular complexity index is 1230. The number of halogens is 2. The van der Waals surface area contributed by atoms with E-state index in [4.69, 9.17) is 11.6 Å². The van der Waals surface area contributed by atoms with Crippen LogP contribution in [-0.4, -0.2) is 50.9 Å². The van der Waals surface area contributed by atoms with Crippen molar-refractivity contribution in [3.8, 4) is 0 Å². The summed E-state index contributed by atoms with van der Waals surface area (Å²) in [5.74, 6) is 1.20. The summed E-state index contributed by atoms with van der Waals surface area (Å²) in [7, 11) is 1.89. The largest absolute Gasteiger partial charge is 0.310 e. The number of hydrogen-bond donors (Lipinski definition) is 1. The van der Waals surface area contributed by atoms with E-state index in [1.165, 1.54) is 5.56 Å². The zero-order valence-corrected chi connectivity index (χ0v) is 20.0. The van der Waals surface area contributed by atoms with Crippen molar-refractivity contribution in [3.63, 3.8) is 0 Å². The molecule has 0 unspecified atom stereocenters. The lowest BCUT2D eigenvalue weighted by Crippen LogP contribution is -2.54. The number of pyridine rings is 1. The molecule has 3 aromatic rings. The highest BCUT2D eigenvalue weighted by Crippen LogP contribution is 2.48. The molecule has 34 heavy (non-hydrogen) atoms. The summed E-state index contributed by atoms with van der Waals surface area (Å²) in [5.41, 5.74) is 2.28. The van der Waals surface area contributed by atoms with Gasteiger partial charge in [-0.3, -0.25) is 14.4 Å². The molecule has 6 rings (SSSR count). The number of anilines is 1. The Hall–Kier alpha value is -2.51. The fraction of sp³-hybridized carbons (Fsp3) is 0.500. The summed E-state index contributed by atoms with van der Waals surface area (Å²) in [6.45, 7) is 1.19. The van der Waals surface area contributed by atoms with Gasteiger partial charge in [0.1, 0.15) is 12.0 Å². The minimum Gasteiger partial charge on any atom is -0.310 e. The number of rotatable bonds is 5. The minimum absolute atomic E-state index is 0.00900. The van der Waals surface area contributed by atoms with Gasteiger partial charge in [0.2, 0.25) is 5.91 Å². The lowest BCUT2D eigenvalue weighted by atomic mass is 9.80. The number of nitrogens with zero attached hydrogens (tertiary/aromatic N) is 4. The van der Waals surface area contributed by atoms with E-state index < -0.39 is 6.17 Å². The van der Waals surface area contributed by atoms with E-state index in [1.807, 2.05) is 31.6 Å². The van der Waals surface area contributed by atoms with Gasteiger partial charge in [-0.05, 0) is 78.7 Å². The van der Waals surface area contributed by atoms with Gasteiger partial charge in [-0.2, -0.15) is 5.10 Å². The lowest BCUT2D eigenvalue weighted by molar-refractivity contribution is -0.117. The number of likely N-dealkylation sites (tertiary alicyclic amines) is 1. The molecule has 1 aliphatic heterocycles. The molecule has 3 aliphatic rings. The molecule has 178 valence electrons. The predicted octanol–water partition coefficient (Wildman–Crippen LogP) is 5.04. The third-order valence-corrected chi connectivity index (χ3v) is 8.21. The van der Waals surface area contributed by atoms with Gasteiger partial charge in [-0.1, -0.05) is 11.6 Å². The molecular weight excluding hydrogens is 453 g/mol. The highest BCUT2D eigenvalue weighted by Gasteiger charge is 2.44. The Morgan fingerprint density at radius 3 is 2.62 bits per heavy atom. The normalized spacial score (nSPS) is 27.5. The molecule has 3 fully saturated rings. The first-order valence-corrected chi connectivity index (χ1v) is 12.6. The van der Waals surface area contributed by atoms with Crippen LogP contribution < -0.4 is 5.32 Å². The standard InChI is InChI=1S/C26H29ClFN5O/c1-32-12-18(11-30-32)21-9-23(21)26(34)31-25-8-16-6-22(24(27)7-17(16)10-29-25)15-2-4-20(5-3-15)33-13-19(28)14-33/h6-8,10-12,15,19-21,23H,2-5,9,13-14H2,1H3,(H,29,31,34)/t15-,20+,21-,23+/m0/s1. The van der Waals surface area contributed by atoms with E-state index in [2.05, 4.69) is 26.4 Å². The molecular formula is C26H29ClFN5O. The monoisotopic (exact) mass is 481 g/mol. The molecule has 3 heterocycles. The summed E-state index contributed by atoms with van der Waals surface area (Å²) in [4.78, 5) is 19.5. The van der Waals surface area contributed by atoms with Crippen molar-refractivity contribution in [1.82, 2.24) is 19.7 Å². The van der Waals surface area contributed by atoms with Gasteiger partial charge < -0.3 is 5.32 Å². The third-order valence-electron chi connectivity index (χ3n) is 7.89. The maximum absolute atomic E-state index is 13.2. The molecule has 6 nitrogen and oxygen atoms in total. The summed E-state index contributed by atoms with van der Waals surface area (Å²) in [5, 5.41) is 10.00. The minimum atomic E-state index is -0.642. The second kappa shape index (κ2) is 8.61. The summed E-state index contributed by atoms with van der Waals surface area (Å²) < 4.78 is 15.0. The number of aryl methyl sites for hydroxylation is 1. The Morgan fingerprint density at radius 1 is 1.12 bits per heavy atom. The van der Waals surface area contributed by atoms with Crippen LogP contribution in [0, 0.1) is 5.92 Å².